The van der Waals surface area contributed by atoms with Gasteiger partial charge in [-0.15, -0.1) is 0 Å². The van der Waals surface area contributed by atoms with Gasteiger partial charge in [-0.2, -0.15) is 0 Å². The van der Waals surface area contributed by atoms with Crippen molar-refractivity contribution in [2.24, 2.45) is 0 Å². The third-order valence-electron chi connectivity index (χ3n) is 2.71. The Morgan fingerprint density at radius 1 is 1.44 bits per heavy atom. The lowest BCUT2D eigenvalue weighted by molar-refractivity contribution is -0.535. The van der Waals surface area contributed by atoms with Gasteiger partial charge in [0.05, 0.1) is 4.91 Å². The van der Waals surface area contributed by atoms with Gasteiger partial charge in [0.2, 0.25) is 0 Å². The number of likely N-dealkylation sites (N-methyl/N-ethyl adjacent to an activating group) is 1. The van der Waals surface area contributed by atoms with Crippen LogP contribution in [-0.4, -0.2) is 42.2 Å². The standard InChI is InChI=1S/C12H18N5O/c1-9-5-4-6-10-11(9)17(18)15-12(14-10)13-7-8-16(2)3/h4-6H,7-8H2,1-3H3,(H2,13,14,15,18)/q+1. The van der Waals surface area contributed by atoms with Gasteiger partial charge in [0, 0.05) is 18.7 Å². The van der Waals surface area contributed by atoms with E-state index in [0.29, 0.717) is 17.0 Å². The molecule has 0 spiro atoms. The molecular formula is C12H18N5O+. The summed E-state index contributed by atoms with van der Waals surface area (Å²) in [6.45, 7) is 3.50. The van der Waals surface area contributed by atoms with E-state index in [0.717, 1.165) is 23.2 Å². The molecule has 2 N–H and O–H groups in total. The van der Waals surface area contributed by atoms with Crippen molar-refractivity contribution in [3.63, 3.8) is 0 Å². The summed E-state index contributed by atoms with van der Waals surface area (Å²) in [5.74, 6) is 0.491. The van der Waals surface area contributed by atoms with Crippen LogP contribution in [0, 0.1) is 11.8 Å². The summed E-state index contributed by atoms with van der Waals surface area (Å²) in [7, 11) is 3.99. The first kappa shape index (κ1) is 12.5. The molecule has 0 radical (unpaired) electrons. The fourth-order valence-electron chi connectivity index (χ4n) is 1.77. The molecule has 2 rings (SSSR count). The molecule has 0 amide bonds. The highest BCUT2D eigenvalue weighted by Crippen LogP contribution is 2.11. The first-order chi connectivity index (χ1) is 8.58. The average Bonchev–Trinajstić information content (AvgIpc) is 2.28. The second-order valence-electron chi connectivity index (χ2n) is 4.54. The van der Waals surface area contributed by atoms with Crippen LogP contribution in [0.1, 0.15) is 5.56 Å². The maximum absolute atomic E-state index is 11.9. The molecule has 18 heavy (non-hydrogen) atoms. The lowest BCUT2D eigenvalue weighted by Gasteiger charge is -2.09. The second-order valence-corrected chi connectivity index (χ2v) is 4.54. The third kappa shape index (κ3) is 2.65. The number of aromatic amines is 1. The Kier molecular flexibility index (Phi) is 3.57. The van der Waals surface area contributed by atoms with Gasteiger partial charge in [0.25, 0.3) is 5.95 Å². The number of para-hydroxylation sites is 1. The number of H-pyrrole nitrogens is 1. The lowest BCUT2D eigenvalue weighted by atomic mass is 10.2. The van der Waals surface area contributed by atoms with Crippen molar-refractivity contribution in [2.75, 3.05) is 32.5 Å². The highest BCUT2D eigenvalue weighted by Gasteiger charge is 2.13. The van der Waals surface area contributed by atoms with Gasteiger partial charge in [-0.1, -0.05) is 17.2 Å². The number of hydrogen-bond acceptors (Lipinski definition) is 4. The van der Waals surface area contributed by atoms with E-state index in [1.54, 1.807) is 0 Å². The fourth-order valence-corrected chi connectivity index (χ4v) is 1.77. The zero-order chi connectivity index (χ0) is 13.1. The van der Waals surface area contributed by atoms with E-state index in [1.165, 1.54) is 0 Å². The minimum absolute atomic E-state index is 0.491. The van der Waals surface area contributed by atoms with Crippen LogP contribution in [0.15, 0.2) is 18.2 Å². The number of aromatic nitrogens is 3. The van der Waals surface area contributed by atoms with Crippen LogP contribution in [0.25, 0.3) is 11.0 Å². The minimum atomic E-state index is 0.491. The second kappa shape index (κ2) is 5.14. The van der Waals surface area contributed by atoms with Gasteiger partial charge in [0.15, 0.2) is 4.54 Å². The number of benzene rings is 1. The normalized spacial score (nSPS) is 11.1. The Morgan fingerprint density at radius 2 is 2.22 bits per heavy atom. The monoisotopic (exact) mass is 248 g/mol. The van der Waals surface area contributed by atoms with Crippen LogP contribution in [-0.2, 0) is 0 Å². The van der Waals surface area contributed by atoms with Gasteiger partial charge in [-0.3, -0.25) is 0 Å². The molecule has 0 fully saturated rings. The van der Waals surface area contributed by atoms with E-state index in [1.807, 2.05) is 39.2 Å². The predicted octanol–water partition coefficient (Wildman–Crippen LogP) is 0.759. The molecule has 0 bridgehead atoms. The number of fused-ring (bicyclic) bond motifs is 1. The van der Waals surface area contributed by atoms with Crippen molar-refractivity contribution in [1.82, 2.24) is 15.0 Å². The Morgan fingerprint density at radius 3 is 2.94 bits per heavy atom. The first-order valence-electron chi connectivity index (χ1n) is 5.89. The van der Waals surface area contributed by atoms with Crippen LogP contribution < -0.4 is 9.86 Å². The summed E-state index contributed by atoms with van der Waals surface area (Å²) in [6.07, 6.45) is 0. The summed E-state index contributed by atoms with van der Waals surface area (Å²) in [5, 5.41) is 5.78. The highest BCUT2D eigenvalue weighted by atomic mass is 16.3. The molecule has 0 unspecified atom stereocenters. The highest BCUT2D eigenvalue weighted by molar-refractivity contribution is 5.74. The predicted molar refractivity (Wildman–Crippen MR) is 71.2 cm³/mol. The zero-order valence-electron chi connectivity index (χ0n) is 10.9. The Labute approximate surface area is 105 Å². The SMILES string of the molecule is Cc1cccc2nc(NCCN(C)C)[nH][n+](=O)c12. The van der Waals surface area contributed by atoms with Gasteiger partial charge in [-0.25, -0.2) is 4.98 Å². The molecule has 1 heterocycles. The lowest BCUT2D eigenvalue weighted by Crippen LogP contribution is -2.27. The van der Waals surface area contributed by atoms with Crippen LogP contribution in [0.4, 0.5) is 5.95 Å². The summed E-state index contributed by atoms with van der Waals surface area (Å²) < 4.78 is 0.760. The summed E-state index contributed by atoms with van der Waals surface area (Å²) in [4.78, 5) is 18.3. The molecule has 0 atom stereocenters. The molecule has 0 saturated heterocycles. The molecule has 1 aromatic heterocycles. The van der Waals surface area contributed by atoms with Crippen LogP contribution in [0.2, 0.25) is 0 Å². The van der Waals surface area contributed by atoms with E-state index in [-0.39, 0.29) is 0 Å². The molecular weight excluding hydrogens is 230 g/mol. The van der Waals surface area contributed by atoms with E-state index in [9.17, 15) is 4.91 Å². The maximum Gasteiger partial charge on any atom is 0.320 e. The molecule has 1 aromatic carbocycles. The molecule has 0 aliphatic carbocycles. The molecule has 96 valence electrons. The number of nitrogens with one attached hydrogen (secondary N) is 2. The maximum atomic E-state index is 11.9. The fraction of sp³-hybridized carbons (Fsp3) is 0.417. The molecule has 6 heteroatoms. The molecule has 0 aliphatic heterocycles. The van der Waals surface area contributed by atoms with E-state index in [4.69, 9.17) is 0 Å². The number of rotatable bonds is 4. The van der Waals surface area contributed by atoms with E-state index >= 15 is 0 Å². The van der Waals surface area contributed by atoms with Gasteiger partial charge < -0.3 is 10.2 Å². The summed E-state index contributed by atoms with van der Waals surface area (Å²) in [6, 6.07) is 5.63. The van der Waals surface area contributed by atoms with Crippen molar-refractivity contribution < 1.29 is 4.54 Å². The molecule has 6 nitrogen and oxygen atoms in total. The summed E-state index contributed by atoms with van der Waals surface area (Å²) in [5.41, 5.74) is 2.18. The largest absolute Gasteiger partial charge is 0.350 e. The molecule has 2 aromatic rings. The third-order valence-corrected chi connectivity index (χ3v) is 2.71. The van der Waals surface area contributed by atoms with Crippen molar-refractivity contribution in [3.05, 3.63) is 28.7 Å². The Hall–Kier alpha value is -1.95. The van der Waals surface area contributed by atoms with E-state index < -0.39 is 0 Å². The quantitative estimate of drug-likeness (QED) is 0.784. The molecule has 0 aliphatic rings. The van der Waals surface area contributed by atoms with Gasteiger partial charge in [0.1, 0.15) is 5.52 Å². The van der Waals surface area contributed by atoms with Crippen molar-refractivity contribution >= 4 is 17.0 Å². The van der Waals surface area contributed by atoms with Crippen molar-refractivity contribution in [3.8, 4) is 0 Å². The topological polar surface area (TPSA) is 66.9 Å². The van der Waals surface area contributed by atoms with Crippen LogP contribution in [0.3, 0.4) is 0 Å². The number of nitrogens with zero attached hydrogens (tertiary/aromatic N) is 3. The number of anilines is 1. The van der Waals surface area contributed by atoms with Crippen molar-refractivity contribution in [2.45, 2.75) is 6.92 Å². The molecule has 0 saturated carbocycles. The van der Waals surface area contributed by atoms with Crippen LogP contribution in [0.5, 0.6) is 0 Å². The Balaban J connectivity index is 2.29. The number of aryl methyl sites for hydroxylation is 1. The van der Waals surface area contributed by atoms with E-state index in [2.05, 4.69) is 20.3 Å². The van der Waals surface area contributed by atoms with Crippen LogP contribution >= 0.6 is 0 Å². The average molecular weight is 248 g/mol. The Bertz CT molecular complexity index is 605. The zero-order valence-corrected chi connectivity index (χ0v) is 10.9. The first-order valence-corrected chi connectivity index (χ1v) is 5.89. The number of hydrogen-bond donors (Lipinski definition) is 2. The minimum Gasteiger partial charge on any atom is -0.350 e. The van der Waals surface area contributed by atoms with Gasteiger partial charge >= 0.3 is 5.52 Å². The van der Waals surface area contributed by atoms with Crippen molar-refractivity contribution in [1.29, 1.82) is 0 Å². The summed E-state index contributed by atoms with van der Waals surface area (Å²) >= 11 is 0. The van der Waals surface area contributed by atoms with Gasteiger partial charge in [-0.05, 0) is 27.1 Å². The smallest absolute Gasteiger partial charge is 0.320 e.